The molecule has 0 amide bonds. The van der Waals surface area contributed by atoms with Crippen molar-refractivity contribution in [3.8, 4) is 39.1 Å². The number of aromatic nitrogens is 1. The lowest BCUT2D eigenvalue weighted by atomic mass is 9.86. The maximum Gasteiger partial charge on any atom is 0.0541 e. The van der Waals surface area contributed by atoms with Gasteiger partial charge in [-0.2, -0.15) is 0 Å². The summed E-state index contributed by atoms with van der Waals surface area (Å²) in [5.74, 6) is 0. The molecule has 0 radical (unpaired) electrons. The van der Waals surface area contributed by atoms with Crippen molar-refractivity contribution in [1.29, 1.82) is 0 Å². The Morgan fingerprint density at radius 3 is 1.26 bits per heavy atom. The smallest absolute Gasteiger partial charge is 0.0541 e. The van der Waals surface area contributed by atoms with Crippen molar-refractivity contribution < 1.29 is 0 Å². The number of hydrogen-bond acceptors (Lipinski definition) is 1. The molecular weight excluding hydrogens is 749 g/mol. The third-order valence-corrected chi connectivity index (χ3v) is 12.5. The summed E-state index contributed by atoms with van der Waals surface area (Å²) < 4.78 is 2.37. The Hall–Kier alpha value is -7.68. The second-order valence-corrected chi connectivity index (χ2v) is 17.4. The van der Waals surface area contributed by atoms with Gasteiger partial charge in [0.1, 0.15) is 0 Å². The maximum atomic E-state index is 2.38. The normalized spacial score (nSPS) is 11.8. The molecule has 11 rings (SSSR count). The van der Waals surface area contributed by atoms with Crippen LogP contribution in [-0.4, -0.2) is 4.57 Å². The zero-order valence-electron chi connectivity index (χ0n) is 35.3. The highest BCUT2D eigenvalue weighted by molar-refractivity contribution is 6.21. The van der Waals surface area contributed by atoms with Gasteiger partial charge in [0.2, 0.25) is 0 Å². The minimum Gasteiger partial charge on any atom is -0.311 e. The van der Waals surface area contributed by atoms with Crippen molar-refractivity contribution >= 4 is 60.4 Å². The van der Waals surface area contributed by atoms with E-state index in [0.29, 0.717) is 0 Å². The van der Waals surface area contributed by atoms with Gasteiger partial charge in [0.15, 0.2) is 0 Å². The van der Waals surface area contributed by atoms with Gasteiger partial charge in [-0.05, 0) is 133 Å². The SMILES string of the molecule is CC(C)(C)c1ccc(N(c2ccc(-c3ccc4c(c3)c3ccccc3n4-c3ccccc3)cc2)c2ccc(-c3c4ccccc4c(-c4ccccc4)c4ccccc34)cc2)cc1. The lowest BCUT2D eigenvalue weighted by Gasteiger charge is -2.27. The Bertz CT molecular complexity index is 3330. The lowest BCUT2D eigenvalue weighted by Crippen LogP contribution is -2.13. The van der Waals surface area contributed by atoms with Gasteiger partial charge in [-0.1, -0.05) is 178 Å². The van der Waals surface area contributed by atoms with Crippen molar-refractivity contribution in [1.82, 2.24) is 4.57 Å². The Morgan fingerprint density at radius 1 is 0.323 bits per heavy atom. The summed E-state index contributed by atoms with van der Waals surface area (Å²) in [5, 5.41) is 7.54. The molecule has 0 N–H and O–H groups in total. The van der Waals surface area contributed by atoms with Crippen LogP contribution < -0.4 is 4.90 Å². The molecule has 0 fully saturated rings. The zero-order chi connectivity index (χ0) is 41.8. The molecule has 0 aliphatic carbocycles. The average Bonchev–Trinajstić information content (AvgIpc) is 3.65. The van der Waals surface area contributed by atoms with E-state index in [0.717, 1.165) is 17.1 Å². The average molecular weight is 795 g/mol. The molecule has 62 heavy (non-hydrogen) atoms. The Labute approximate surface area is 363 Å². The van der Waals surface area contributed by atoms with Crippen LogP contribution in [0.4, 0.5) is 17.1 Å². The monoisotopic (exact) mass is 794 g/mol. The molecule has 0 aliphatic heterocycles. The van der Waals surface area contributed by atoms with E-state index < -0.39 is 0 Å². The Morgan fingerprint density at radius 2 is 0.726 bits per heavy atom. The molecule has 0 saturated carbocycles. The molecule has 296 valence electrons. The Kier molecular flexibility index (Phi) is 9.09. The number of para-hydroxylation sites is 2. The van der Waals surface area contributed by atoms with E-state index >= 15 is 0 Å². The highest BCUT2D eigenvalue weighted by atomic mass is 15.1. The second kappa shape index (κ2) is 15.1. The van der Waals surface area contributed by atoms with Crippen molar-refractivity contribution in [3.05, 3.63) is 230 Å². The molecule has 0 bridgehead atoms. The summed E-state index contributed by atoms with van der Waals surface area (Å²) >= 11 is 0. The summed E-state index contributed by atoms with van der Waals surface area (Å²) in [7, 11) is 0. The quantitative estimate of drug-likeness (QED) is 0.146. The summed E-state index contributed by atoms with van der Waals surface area (Å²) in [5.41, 5.74) is 15.7. The van der Waals surface area contributed by atoms with Crippen LogP contribution in [0.2, 0.25) is 0 Å². The van der Waals surface area contributed by atoms with Gasteiger partial charge in [-0.3, -0.25) is 0 Å². The van der Waals surface area contributed by atoms with Gasteiger partial charge in [0, 0.05) is 33.5 Å². The minimum atomic E-state index is 0.0583. The first-order valence-corrected chi connectivity index (χ1v) is 21.6. The Balaban J connectivity index is 1.01. The summed E-state index contributed by atoms with van der Waals surface area (Å²) in [6.45, 7) is 6.81. The van der Waals surface area contributed by atoms with Crippen LogP contribution >= 0.6 is 0 Å². The number of rotatable bonds is 7. The van der Waals surface area contributed by atoms with Crippen LogP contribution in [0.15, 0.2) is 224 Å². The number of benzene rings is 10. The first kappa shape index (κ1) is 37.3. The molecule has 0 spiro atoms. The molecule has 1 aromatic heterocycles. The van der Waals surface area contributed by atoms with Crippen molar-refractivity contribution in [2.75, 3.05) is 4.90 Å². The van der Waals surface area contributed by atoms with E-state index in [1.54, 1.807) is 0 Å². The number of hydrogen-bond donors (Lipinski definition) is 0. The fourth-order valence-electron chi connectivity index (χ4n) is 9.50. The highest BCUT2D eigenvalue weighted by Crippen LogP contribution is 2.45. The van der Waals surface area contributed by atoms with Crippen LogP contribution in [0.3, 0.4) is 0 Å². The molecule has 0 unspecified atom stereocenters. The van der Waals surface area contributed by atoms with E-state index in [-0.39, 0.29) is 5.41 Å². The second-order valence-electron chi connectivity index (χ2n) is 17.4. The number of nitrogens with zero attached hydrogens (tertiary/aromatic N) is 2. The van der Waals surface area contributed by atoms with Gasteiger partial charge in [-0.15, -0.1) is 0 Å². The van der Waals surface area contributed by atoms with Crippen LogP contribution in [0.25, 0.3) is 82.4 Å². The predicted molar refractivity (Wildman–Crippen MR) is 265 cm³/mol. The van der Waals surface area contributed by atoms with Gasteiger partial charge >= 0.3 is 0 Å². The fraction of sp³-hybridized carbons (Fsp3) is 0.0667. The molecular formula is C60H46N2. The molecule has 0 atom stereocenters. The fourth-order valence-corrected chi connectivity index (χ4v) is 9.50. The van der Waals surface area contributed by atoms with Crippen LogP contribution in [0.5, 0.6) is 0 Å². The van der Waals surface area contributed by atoms with E-state index in [1.807, 2.05) is 0 Å². The maximum absolute atomic E-state index is 2.38. The zero-order valence-corrected chi connectivity index (χ0v) is 35.3. The molecule has 0 saturated heterocycles. The van der Waals surface area contributed by atoms with Gasteiger partial charge in [0.25, 0.3) is 0 Å². The third kappa shape index (κ3) is 6.44. The van der Waals surface area contributed by atoms with Gasteiger partial charge in [0.05, 0.1) is 11.0 Å². The molecule has 10 aromatic carbocycles. The topological polar surface area (TPSA) is 8.17 Å². The highest BCUT2D eigenvalue weighted by Gasteiger charge is 2.20. The van der Waals surface area contributed by atoms with E-state index in [2.05, 4.69) is 255 Å². The number of anilines is 3. The van der Waals surface area contributed by atoms with E-state index in [9.17, 15) is 0 Å². The molecule has 2 heteroatoms. The van der Waals surface area contributed by atoms with E-state index in [1.165, 1.54) is 88.0 Å². The van der Waals surface area contributed by atoms with E-state index in [4.69, 9.17) is 0 Å². The summed E-state index contributed by atoms with van der Waals surface area (Å²) in [4.78, 5) is 2.38. The molecule has 2 nitrogen and oxygen atoms in total. The van der Waals surface area contributed by atoms with Gasteiger partial charge in [-0.25, -0.2) is 0 Å². The lowest BCUT2D eigenvalue weighted by molar-refractivity contribution is 0.590. The predicted octanol–water partition coefficient (Wildman–Crippen LogP) is 16.9. The first-order chi connectivity index (χ1) is 30.4. The van der Waals surface area contributed by atoms with Crippen LogP contribution in [0.1, 0.15) is 26.3 Å². The minimum absolute atomic E-state index is 0.0583. The van der Waals surface area contributed by atoms with Gasteiger partial charge < -0.3 is 9.47 Å². The molecule has 0 aliphatic rings. The van der Waals surface area contributed by atoms with Crippen molar-refractivity contribution in [2.24, 2.45) is 0 Å². The standard InChI is InChI=1S/C60H46N2/c1-60(2,3)45-31-37-49(38-32-45)61(47-33-26-41(27-34-47)44-30-39-57-55(40-44)50-20-14-15-25-56(50)62(57)46-18-8-5-9-19-46)48-35-28-43(29-36-48)59-53-23-12-10-21-51(53)58(42-16-6-4-7-17-42)52-22-11-13-24-54(52)59/h4-40H,1-3H3. The molecule has 11 aromatic rings. The van der Waals surface area contributed by atoms with Crippen molar-refractivity contribution in [3.63, 3.8) is 0 Å². The van der Waals surface area contributed by atoms with Crippen molar-refractivity contribution in [2.45, 2.75) is 26.2 Å². The van der Waals surface area contributed by atoms with Crippen LogP contribution in [-0.2, 0) is 5.41 Å². The number of fused-ring (bicyclic) bond motifs is 5. The third-order valence-electron chi connectivity index (χ3n) is 12.5. The summed E-state index contributed by atoms with van der Waals surface area (Å²) in [6.07, 6.45) is 0. The largest absolute Gasteiger partial charge is 0.311 e. The van der Waals surface area contributed by atoms with Crippen LogP contribution in [0, 0.1) is 0 Å². The first-order valence-electron chi connectivity index (χ1n) is 21.6. The summed E-state index contributed by atoms with van der Waals surface area (Å²) in [6, 6.07) is 82.2. The molecule has 1 heterocycles.